The van der Waals surface area contributed by atoms with E-state index >= 15 is 0 Å². The number of carbonyl (C=O) groups excluding carboxylic acids is 1. The third kappa shape index (κ3) is 4.91. The molecule has 1 aliphatic rings. The van der Waals surface area contributed by atoms with Gasteiger partial charge >= 0.3 is 6.03 Å². The van der Waals surface area contributed by atoms with Crippen LogP contribution in [0.25, 0.3) is 0 Å². The zero-order chi connectivity index (χ0) is 18.4. The summed E-state index contributed by atoms with van der Waals surface area (Å²) in [7, 11) is 0. The fourth-order valence-corrected chi connectivity index (χ4v) is 2.95. The van der Waals surface area contributed by atoms with Crippen LogP contribution in [0.4, 0.5) is 25.1 Å². The quantitative estimate of drug-likeness (QED) is 0.864. The van der Waals surface area contributed by atoms with E-state index in [4.69, 9.17) is 0 Å². The fraction of sp³-hybridized carbons (Fsp3) is 0.368. The Labute approximate surface area is 151 Å². The second-order valence-electron chi connectivity index (χ2n) is 6.36. The molecule has 2 heterocycles. The summed E-state index contributed by atoms with van der Waals surface area (Å²) in [5.41, 5.74) is 0.775. The first-order chi connectivity index (χ1) is 12.6. The van der Waals surface area contributed by atoms with E-state index in [-0.39, 0.29) is 12.2 Å². The number of pyridine rings is 1. The maximum absolute atomic E-state index is 13.5. The average Bonchev–Trinajstić information content (AvgIpc) is 2.92. The molecule has 0 aliphatic carbocycles. The van der Waals surface area contributed by atoms with Gasteiger partial charge in [-0.15, -0.1) is 0 Å². The van der Waals surface area contributed by atoms with Crippen molar-refractivity contribution in [1.82, 2.24) is 10.3 Å². The summed E-state index contributed by atoms with van der Waals surface area (Å²) in [4.78, 5) is 18.6. The number of hydrogen-bond donors (Lipinski definition) is 2. The van der Waals surface area contributed by atoms with Crippen LogP contribution in [0, 0.1) is 11.6 Å². The van der Waals surface area contributed by atoms with Crippen LogP contribution in [0.1, 0.15) is 31.2 Å². The van der Waals surface area contributed by atoms with Crippen LogP contribution >= 0.6 is 0 Å². The molecule has 0 radical (unpaired) electrons. The lowest BCUT2D eigenvalue weighted by Gasteiger charge is -2.21. The predicted molar refractivity (Wildman–Crippen MR) is 97.1 cm³/mol. The Balaban J connectivity index is 1.51. The highest BCUT2D eigenvalue weighted by atomic mass is 19.1. The van der Waals surface area contributed by atoms with Gasteiger partial charge in [0, 0.05) is 31.9 Å². The smallest absolute Gasteiger partial charge is 0.319 e. The lowest BCUT2D eigenvalue weighted by atomic mass is 10.2. The summed E-state index contributed by atoms with van der Waals surface area (Å²) in [5, 5.41) is 4.99. The normalized spacial score (nSPS) is 14.6. The fourth-order valence-electron chi connectivity index (χ4n) is 2.95. The lowest BCUT2D eigenvalue weighted by molar-refractivity contribution is 0.251. The largest absolute Gasteiger partial charge is 0.357 e. The summed E-state index contributed by atoms with van der Waals surface area (Å²) in [6, 6.07) is 6.31. The SMILES string of the molecule is O=C(NCc1ccc(N2CCCCCC2)nc1)Nc1ccc(F)cc1F. The molecular formula is C19H22F2N4O. The number of urea groups is 1. The van der Waals surface area contributed by atoms with Crippen LogP contribution in [0.5, 0.6) is 0 Å². The van der Waals surface area contributed by atoms with Crippen LogP contribution < -0.4 is 15.5 Å². The molecule has 5 nitrogen and oxygen atoms in total. The molecule has 138 valence electrons. The number of rotatable bonds is 4. The minimum atomic E-state index is -0.816. The van der Waals surface area contributed by atoms with Gasteiger partial charge < -0.3 is 15.5 Å². The maximum Gasteiger partial charge on any atom is 0.319 e. The van der Waals surface area contributed by atoms with Crippen LogP contribution in [0.15, 0.2) is 36.5 Å². The molecule has 3 rings (SSSR count). The lowest BCUT2D eigenvalue weighted by Crippen LogP contribution is -2.29. The molecule has 0 bridgehead atoms. The Morgan fingerprint density at radius 1 is 1.08 bits per heavy atom. The van der Waals surface area contributed by atoms with Crippen molar-refractivity contribution in [3.8, 4) is 0 Å². The minimum Gasteiger partial charge on any atom is -0.357 e. The average molecular weight is 360 g/mol. The van der Waals surface area contributed by atoms with Gasteiger partial charge in [-0.05, 0) is 36.6 Å². The van der Waals surface area contributed by atoms with Gasteiger partial charge in [0.05, 0.1) is 5.69 Å². The second kappa shape index (κ2) is 8.60. The standard InChI is InChI=1S/C19H22F2N4O/c20-15-6-7-17(16(21)11-15)24-19(26)23-13-14-5-8-18(22-12-14)25-9-3-1-2-4-10-25/h5-8,11-12H,1-4,9-10,13H2,(H2,23,24,26). The molecule has 7 heteroatoms. The van der Waals surface area contributed by atoms with Gasteiger partial charge in [-0.25, -0.2) is 18.6 Å². The molecule has 2 amide bonds. The van der Waals surface area contributed by atoms with Crippen molar-refractivity contribution in [1.29, 1.82) is 0 Å². The number of amides is 2. The van der Waals surface area contributed by atoms with Crippen molar-refractivity contribution < 1.29 is 13.6 Å². The van der Waals surface area contributed by atoms with Crippen molar-refractivity contribution in [2.45, 2.75) is 32.2 Å². The Kier molecular flexibility index (Phi) is 5.99. The first-order valence-electron chi connectivity index (χ1n) is 8.81. The van der Waals surface area contributed by atoms with Crippen LogP contribution in [0.3, 0.4) is 0 Å². The monoisotopic (exact) mass is 360 g/mol. The van der Waals surface area contributed by atoms with Gasteiger partial charge in [0.2, 0.25) is 0 Å². The Morgan fingerprint density at radius 3 is 2.50 bits per heavy atom. The molecule has 1 saturated heterocycles. The van der Waals surface area contributed by atoms with E-state index in [9.17, 15) is 13.6 Å². The molecule has 0 unspecified atom stereocenters. The molecule has 0 spiro atoms. The van der Waals surface area contributed by atoms with Crippen molar-refractivity contribution >= 4 is 17.5 Å². The van der Waals surface area contributed by atoms with E-state index in [0.717, 1.165) is 36.6 Å². The van der Waals surface area contributed by atoms with E-state index in [2.05, 4.69) is 20.5 Å². The second-order valence-corrected chi connectivity index (χ2v) is 6.36. The molecule has 2 N–H and O–H groups in total. The van der Waals surface area contributed by atoms with Crippen molar-refractivity contribution in [3.63, 3.8) is 0 Å². The van der Waals surface area contributed by atoms with Crippen LogP contribution in [-0.4, -0.2) is 24.1 Å². The van der Waals surface area contributed by atoms with Crippen molar-refractivity contribution in [2.75, 3.05) is 23.3 Å². The third-order valence-electron chi connectivity index (χ3n) is 4.37. The molecule has 1 fully saturated rings. The first-order valence-corrected chi connectivity index (χ1v) is 8.81. The van der Waals surface area contributed by atoms with Crippen LogP contribution in [0.2, 0.25) is 0 Å². The number of aromatic nitrogens is 1. The van der Waals surface area contributed by atoms with Gasteiger partial charge in [-0.1, -0.05) is 18.9 Å². The molecule has 1 aromatic carbocycles. The zero-order valence-electron chi connectivity index (χ0n) is 14.5. The molecule has 1 aromatic heterocycles. The van der Waals surface area contributed by atoms with Crippen LogP contribution in [-0.2, 0) is 6.54 Å². The van der Waals surface area contributed by atoms with Gasteiger partial charge in [-0.2, -0.15) is 0 Å². The minimum absolute atomic E-state index is 0.0708. The Hall–Kier alpha value is -2.70. The zero-order valence-corrected chi connectivity index (χ0v) is 14.5. The summed E-state index contributed by atoms with van der Waals surface area (Å²) < 4.78 is 26.4. The van der Waals surface area contributed by atoms with Crippen molar-refractivity contribution in [3.05, 3.63) is 53.7 Å². The highest BCUT2D eigenvalue weighted by Crippen LogP contribution is 2.18. The van der Waals surface area contributed by atoms with E-state index in [0.29, 0.717) is 0 Å². The molecule has 0 saturated carbocycles. The van der Waals surface area contributed by atoms with Gasteiger partial charge in [-0.3, -0.25) is 0 Å². The Morgan fingerprint density at radius 2 is 1.85 bits per heavy atom. The highest BCUT2D eigenvalue weighted by Gasteiger charge is 2.11. The number of hydrogen-bond acceptors (Lipinski definition) is 3. The first kappa shape index (κ1) is 18.1. The number of anilines is 2. The third-order valence-corrected chi connectivity index (χ3v) is 4.37. The van der Waals surface area contributed by atoms with E-state index < -0.39 is 17.7 Å². The number of nitrogens with one attached hydrogen (secondary N) is 2. The number of nitrogens with zero attached hydrogens (tertiary/aromatic N) is 2. The topological polar surface area (TPSA) is 57.3 Å². The van der Waals surface area contributed by atoms with Gasteiger partial charge in [0.15, 0.2) is 0 Å². The van der Waals surface area contributed by atoms with Crippen molar-refractivity contribution in [2.24, 2.45) is 0 Å². The number of halogens is 2. The summed E-state index contributed by atoms with van der Waals surface area (Å²) in [6.45, 7) is 2.31. The van der Waals surface area contributed by atoms with E-state index in [1.165, 1.54) is 31.7 Å². The van der Waals surface area contributed by atoms with Gasteiger partial charge in [0.25, 0.3) is 0 Å². The van der Waals surface area contributed by atoms with E-state index in [1.807, 2.05) is 12.1 Å². The molecule has 0 atom stereocenters. The molecular weight excluding hydrogens is 338 g/mol. The summed E-state index contributed by atoms with van der Waals surface area (Å²) >= 11 is 0. The summed E-state index contributed by atoms with van der Waals surface area (Å²) in [5.74, 6) is -0.555. The van der Waals surface area contributed by atoms with Gasteiger partial charge in [0.1, 0.15) is 17.5 Å². The molecule has 26 heavy (non-hydrogen) atoms. The molecule has 1 aliphatic heterocycles. The number of carbonyl (C=O) groups is 1. The predicted octanol–water partition coefficient (Wildman–Crippen LogP) is 4.06. The number of benzene rings is 1. The summed E-state index contributed by atoms with van der Waals surface area (Å²) in [6.07, 6.45) is 6.64. The van der Waals surface area contributed by atoms with E-state index in [1.54, 1.807) is 6.20 Å². The maximum atomic E-state index is 13.5. The molecule has 2 aromatic rings. The Bertz CT molecular complexity index is 744. The highest BCUT2D eigenvalue weighted by molar-refractivity contribution is 5.89.